The summed E-state index contributed by atoms with van der Waals surface area (Å²) in [5.41, 5.74) is 2.98. The SMILES string of the molecule is COc1cc(CCC2(C)OCc3c2cnc(C)c3O)cc(OC)c1OC. The van der Waals surface area contributed by atoms with Gasteiger partial charge in [-0.3, -0.25) is 4.98 Å². The number of methoxy groups -OCH3 is 3. The van der Waals surface area contributed by atoms with Gasteiger partial charge < -0.3 is 24.1 Å². The molecular formula is C20H25NO5. The topological polar surface area (TPSA) is 70.0 Å². The molecule has 0 radical (unpaired) electrons. The predicted molar refractivity (Wildman–Crippen MR) is 97.2 cm³/mol. The van der Waals surface area contributed by atoms with Crippen LogP contribution in [-0.2, 0) is 23.4 Å². The van der Waals surface area contributed by atoms with Crippen LogP contribution in [-0.4, -0.2) is 31.4 Å². The van der Waals surface area contributed by atoms with Crippen molar-refractivity contribution in [3.05, 3.63) is 40.7 Å². The Kier molecular flexibility index (Phi) is 4.96. The van der Waals surface area contributed by atoms with Crippen molar-refractivity contribution in [2.24, 2.45) is 0 Å². The molecule has 26 heavy (non-hydrogen) atoms. The second kappa shape index (κ2) is 7.03. The second-order valence-electron chi connectivity index (χ2n) is 6.64. The second-order valence-corrected chi connectivity index (χ2v) is 6.64. The van der Waals surface area contributed by atoms with Crippen LogP contribution >= 0.6 is 0 Å². The molecule has 0 saturated carbocycles. The fourth-order valence-corrected chi connectivity index (χ4v) is 3.43. The van der Waals surface area contributed by atoms with Gasteiger partial charge in [0, 0.05) is 17.3 Å². The largest absolute Gasteiger partial charge is 0.506 e. The third-order valence-corrected chi connectivity index (χ3v) is 5.06. The first-order valence-corrected chi connectivity index (χ1v) is 8.54. The molecule has 1 N–H and O–H groups in total. The molecule has 1 aliphatic heterocycles. The van der Waals surface area contributed by atoms with Gasteiger partial charge in [-0.15, -0.1) is 0 Å². The van der Waals surface area contributed by atoms with E-state index in [1.807, 2.05) is 25.3 Å². The highest BCUT2D eigenvalue weighted by atomic mass is 16.5. The van der Waals surface area contributed by atoms with Gasteiger partial charge >= 0.3 is 0 Å². The van der Waals surface area contributed by atoms with Crippen LogP contribution in [0.3, 0.4) is 0 Å². The van der Waals surface area contributed by atoms with Gasteiger partial charge in [-0.2, -0.15) is 0 Å². The van der Waals surface area contributed by atoms with Gasteiger partial charge in [0.1, 0.15) is 5.75 Å². The fourth-order valence-electron chi connectivity index (χ4n) is 3.43. The smallest absolute Gasteiger partial charge is 0.203 e. The lowest BCUT2D eigenvalue weighted by molar-refractivity contribution is -0.0296. The molecule has 6 nitrogen and oxygen atoms in total. The molecule has 6 heteroatoms. The van der Waals surface area contributed by atoms with Crippen LogP contribution in [0.5, 0.6) is 23.0 Å². The zero-order valence-electron chi connectivity index (χ0n) is 15.9. The number of hydrogen-bond acceptors (Lipinski definition) is 6. The average molecular weight is 359 g/mol. The molecule has 0 spiro atoms. The molecule has 3 rings (SSSR count). The molecule has 2 aromatic rings. The lowest BCUT2D eigenvalue weighted by Crippen LogP contribution is -2.21. The summed E-state index contributed by atoms with van der Waals surface area (Å²) < 4.78 is 22.3. The fraction of sp³-hybridized carbons (Fsp3) is 0.450. The Bertz CT molecular complexity index is 795. The van der Waals surface area contributed by atoms with Crippen molar-refractivity contribution in [3.8, 4) is 23.0 Å². The van der Waals surface area contributed by atoms with Crippen LogP contribution in [0.15, 0.2) is 18.3 Å². The monoisotopic (exact) mass is 359 g/mol. The zero-order valence-corrected chi connectivity index (χ0v) is 15.9. The minimum absolute atomic E-state index is 0.235. The van der Waals surface area contributed by atoms with Crippen molar-refractivity contribution in [2.75, 3.05) is 21.3 Å². The Morgan fingerprint density at radius 2 is 1.81 bits per heavy atom. The van der Waals surface area contributed by atoms with E-state index in [4.69, 9.17) is 18.9 Å². The first-order chi connectivity index (χ1) is 12.4. The van der Waals surface area contributed by atoms with E-state index in [0.29, 0.717) is 29.5 Å². The highest BCUT2D eigenvalue weighted by Crippen LogP contribution is 2.44. The Balaban J connectivity index is 1.86. The number of pyridine rings is 1. The van der Waals surface area contributed by atoms with Crippen LogP contribution in [0, 0.1) is 6.92 Å². The van der Waals surface area contributed by atoms with E-state index in [1.54, 1.807) is 28.3 Å². The lowest BCUT2D eigenvalue weighted by atomic mass is 9.89. The van der Waals surface area contributed by atoms with Crippen LogP contribution in [0.25, 0.3) is 0 Å². The summed E-state index contributed by atoms with van der Waals surface area (Å²) in [4.78, 5) is 4.29. The van der Waals surface area contributed by atoms with Gasteiger partial charge in [0.2, 0.25) is 5.75 Å². The summed E-state index contributed by atoms with van der Waals surface area (Å²) in [7, 11) is 4.80. The van der Waals surface area contributed by atoms with E-state index in [-0.39, 0.29) is 5.75 Å². The van der Waals surface area contributed by atoms with Crippen molar-refractivity contribution in [2.45, 2.75) is 38.9 Å². The maximum absolute atomic E-state index is 10.2. The normalized spacial score (nSPS) is 18.5. The molecule has 1 aliphatic rings. The zero-order chi connectivity index (χ0) is 18.9. The third kappa shape index (κ3) is 3.05. The van der Waals surface area contributed by atoms with Crippen molar-refractivity contribution < 1.29 is 24.1 Å². The maximum Gasteiger partial charge on any atom is 0.203 e. The Morgan fingerprint density at radius 1 is 1.15 bits per heavy atom. The Labute approximate surface area is 153 Å². The van der Waals surface area contributed by atoms with Crippen molar-refractivity contribution in [1.82, 2.24) is 4.98 Å². The van der Waals surface area contributed by atoms with Crippen LogP contribution in [0.4, 0.5) is 0 Å². The first-order valence-electron chi connectivity index (χ1n) is 8.54. The standard InChI is InChI=1S/C20H25NO5/c1-12-18(22)14-11-26-20(2,15(14)10-21-12)7-6-13-8-16(23-3)19(25-5)17(9-13)24-4/h8-10,22H,6-7,11H2,1-5H3. The highest BCUT2D eigenvalue weighted by molar-refractivity contribution is 5.54. The van der Waals surface area contributed by atoms with Gasteiger partial charge in [0.05, 0.1) is 39.2 Å². The molecular weight excluding hydrogens is 334 g/mol. The molecule has 1 aromatic carbocycles. The number of aryl methyl sites for hydroxylation is 2. The quantitative estimate of drug-likeness (QED) is 0.851. The molecule has 0 bridgehead atoms. The molecule has 1 atom stereocenters. The third-order valence-electron chi connectivity index (χ3n) is 5.06. The molecule has 0 aliphatic carbocycles. The van der Waals surface area contributed by atoms with Crippen LogP contribution in [0.2, 0.25) is 0 Å². The number of nitrogens with zero attached hydrogens (tertiary/aromatic N) is 1. The van der Waals surface area contributed by atoms with E-state index in [2.05, 4.69) is 4.98 Å². The Morgan fingerprint density at radius 3 is 2.38 bits per heavy atom. The number of ether oxygens (including phenoxy) is 4. The Hall–Kier alpha value is -2.47. The van der Waals surface area contributed by atoms with Crippen molar-refractivity contribution in [3.63, 3.8) is 0 Å². The summed E-state index contributed by atoms with van der Waals surface area (Å²) >= 11 is 0. The van der Waals surface area contributed by atoms with E-state index >= 15 is 0 Å². The number of fused-ring (bicyclic) bond motifs is 1. The molecule has 1 unspecified atom stereocenters. The predicted octanol–water partition coefficient (Wildman–Crippen LogP) is 3.50. The first kappa shape index (κ1) is 18.3. The summed E-state index contributed by atoms with van der Waals surface area (Å²) in [5.74, 6) is 2.08. The summed E-state index contributed by atoms with van der Waals surface area (Å²) in [6.07, 6.45) is 3.30. The average Bonchev–Trinajstić information content (AvgIpc) is 2.99. The van der Waals surface area contributed by atoms with E-state index in [9.17, 15) is 5.11 Å². The van der Waals surface area contributed by atoms with Gasteiger partial charge in [0.15, 0.2) is 11.5 Å². The maximum atomic E-state index is 10.2. The summed E-state index contributed by atoms with van der Waals surface area (Å²) in [6.45, 7) is 4.23. The van der Waals surface area contributed by atoms with Crippen LogP contribution < -0.4 is 14.2 Å². The summed E-state index contributed by atoms with van der Waals surface area (Å²) in [5, 5.41) is 10.2. The minimum Gasteiger partial charge on any atom is -0.506 e. The number of benzene rings is 1. The number of rotatable bonds is 6. The van der Waals surface area contributed by atoms with Gasteiger partial charge in [-0.05, 0) is 44.4 Å². The van der Waals surface area contributed by atoms with Crippen molar-refractivity contribution in [1.29, 1.82) is 0 Å². The highest BCUT2D eigenvalue weighted by Gasteiger charge is 2.37. The van der Waals surface area contributed by atoms with Crippen molar-refractivity contribution >= 4 is 0 Å². The molecule has 0 saturated heterocycles. The van der Waals surface area contributed by atoms with E-state index in [0.717, 1.165) is 29.5 Å². The molecule has 0 amide bonds. The number of aromatic hydroxyl groups is 1. The van der Waals surface area contributed by atoms with E-state index < -0.39 is 5.60 Å². The van der Waals surface area contributed by atoms with Gasteiger partial charge in [-0.25, -0.2) is 0 Å². The van der Waals surface area contributed by atoms with Crippen LogP contribution in [0.1, 0.15) is 35.7 Å². The molecule has 0 fully saturated rings. The summed E-state index contributed by atoms with van der Waals surface area (Å²) in [6, 6.07) is 3.90. The number of hydrogen-bond donors (Lipinski definition) is 1. The van der Waals surface area contributed by atoms with Gasteiger partial charge in [-0.1, -0.05) is 0 Å². The number of aromatic nitrogens is 1. The molecule has 2 heterocycles. The minimum atomic E-state index is -0.492. The lowest BCUT2D eigenvalue weighted by Gasteiger charge is -2.25. The molecule has 140 valence electrons. The van der Waals surface area contributed by atoms with E-state index in [1.165, 1.54) is 0 Å². The van der Waals surface area contributed by atoms with Gasteiger partial charge in [0.25, 0.3) is 0 Å². The molecule has 1 aromatic heterocycles.